The molecule has 1 aromatic heterocycles. The lowest BCUT2D eigenvalue weighted by Gasteiger charge is -2.09. The monoisotopic (exact) mass is 400 g/mol. The third-order valence-corrected chi connectivity index (χ3v) is 4.89. The standard InChI is InChI=1S/C16H10ClF3N3O2S/c17-15-11(9-4-6-10(7-5-9)26(21,24)25)2-1-3-12(15)13-8-14(23-22-13)16(18,19)20/h1-2,4-8H,(H,22,23)(H2,21,24,25). The Hall–Kier alpha value is -2.36. The molecule has 3 rings (SSSR count). The van der Waals surface area contributed by atoms with Gasteiger partial charge in [0.2, 0.25) is 10.0 Å². The third-order valence-electron chi connectivity index (χ3n) is 3.57. The lowest BCUT2D eigenvalue weighted by Crippen LogP contribution is -2.11. The average Bonchev–Trinajstić information content (AvgIpc) is 3.04. The van der Waals surface area contributed by atoms with Gasteiger partial charge >= 0.3 is 6.18 Å². The van der Waals surface area contributed by atoms with Crippen LogP contribution in [0.15, 0.2) is 47.4 Å². The molecule has 0 unspecified atom stereocenters. The molecule has 10 heteroatoms. The number of aromatic nitrogens is 2. The highest BCUT2D eigenvalue weighted by Crippen LogP contribution is 2.37. The quantitative estimate of drug-likeness (QED) is 0.699. The van der Waals surface area contributed by atoms with Gasteiger partial charge in [0.25, 0.3) is 0 Å². The van der Waals surface area contributed by atoms with Crippen molar-refractivity contribution in [3.05, 3.63) is 59.2 Å². The van der Waals surface area contributed by atoms with E-state index in [1.807, 2.05) is 0 Å². The number of nitrogens with zero attached hydrogens (tertiary/aromatic N) is 1. The second kappa shape index (κ2) is 6.42. The van der Waals surface area contributed by atoms with Crippen molar-refractivity contribution in [1.82, 2.24) is 10.2 Å². The van der Waals surface area contributed by atoms with Gasteiger partial charge in [-0.25, -0.2) is 13.6 Å². The van der Waals surface area contributed by atoms with Crippen LogP contribution in [0.3, 0.4) is 0 Å². The summed E-state index contributed by atoms with van der Waals surface area (Å²) in [6, 6.07) is 12.4. The van der Waals surface area contributed by atoms with Gasteiger partial charge in [-0.15, -0.1) is 0 Å². The van der Waals surface area contributed by atoms with Crippen molar-refractivity contribution in [3.8, 4) is 22.4 Å². The first-order valence-electron chi connectivity index (χ1n) is 7.04. The Bertz CT molecular complexity index is 1060. The van der Waals surface area contributed by atoms with E-state index in [-0.39, 0.29) is 21.2 Å². The Balaban J connectivity index is 2.04. The van der Waals surface area contributed by atoms with Crippen molar-refractivity contribution < 1.29 is 21.6 Å². The van der Waals surface area contributed by atoms with Crippen LogP contribution in [0, 0.1) is 6.07 Å². The largest absolute Gasteiger partial charge is 0.435 e. The number of rotatable bonds is 3. The fourth-order valence-electron chi connectivity index (χ4n) is 2.32. The highest BCUT2D eigenvalue weighted by atomic mass is 35.5. The molecule has 0 bridgehead atoms. The van der Waals surface area contributed by atoms with E-state index >= 15 is 0 Å². The van der Waals surface area contributed by atoms with Gasteiger partial charge in [-0.3, -0.25) is 5.10 Å². The molecular formula is C16H10ClF3N3O2S. The lowest BCUT2D eigenvalue weighted by molar-refractivity contribution is -0.141. The molecule has 0 aliphatic rings. The van der Waals surface area contributed by atoms with Gasteiger partial charge in [0.15, 0.2) is 5.69 Å². The van der Waals surface area contributed by atoms with Crippen molar-refractivity contribution in [3.63, 3.8) is 0 Å². The second-order valence-electron chi connectivity index (χ2n) is 5.31. The Morgan fingerprint density at radius 3 is 2.35 bits per heavy atom. The first kappa shape index (κ1) is 18.4. The van der Waals surface area contributed by atoms with Crippen LogP contribution in [0.1, 0.15) is 5.69 Å². The van der Waals surface area contributed by atoms with Crippen LogP contribution in [0.5, 0.6) is 0 Å². The molecule has 0 saturated carbocycles. The van der Waals surface area contributed by atoms with E-state index in [9.17, 15) is 21.6 Å². The lowest BCUT2D eigenvalue weighted by atomic mass is 10.0. The SMILES string of the molecule is NS(=O)(=O)c1ccc(-c2cc[c]c(-c3cc(C(F)(F)F)n[nH]3)c2Cl)cc1. The molecule has 0 saturated heterocycles. The average molecular weight is 401 g/mol. The number of primary sulfonamides is 1. The summed E-state index contributed by atoms with van der Waals surface area (Å²) < 4.78 is 60.8. The molecule has 0 amide bonds. The maximum Gasteiger partial charge on any atom is 0.435 e. The number of benzene rings is 2. The van der Waals surface area contributed by atoms with Crippen LogP contribution in [0.25, 0.3) is 22.4 Å². The van der Waals surface area contributed by atoms with E-state index in [1.54, 1.807) is 6.07 Å². The predicted octanol–water partition coefficient (Wildman–Crippen LogP) is 3.86. The molecule has 5 nitrogen and oxygen atoms in total. The van der Waals surface area contributed by atoms with E-state index in [0.717, 1.165) is 6.07 Å². The molecule has 135 valence electrons. The molecule has 0 atom stereocenters. The summed E-state index contributed by atoms with van der Waals surface area (Å²) in [6.07, 6.45) is -4.58. The molecule has 1 heterocycles. The zero-order valence-corrected chi connectivity index (χ0v) is 14.4. The fraction of sp³-hybridized carbons (Fsp3) is 0.0625. The van der Waals surface area contributed by atoms with E-state index in [1.165, 1.54) is 30.3 Å². The number of hydrogen-bond donors (Lipinski definition) is 2. The van der Waals surface area contributed by atoms with Gasteiger partial charge in [0.05, 0.1) is 15.6 Å². The van der Waals surface area contributed by atoms with Gasteiger partial charge in [0.1, 0.15) is 0 Å². The summed E-state index contributed by atoms with van der Waals surface area (Å²) in [4.78, 5) is -0.0662. The highest BCUT2D eigenvalue weighted by Gasteiger charge is 2.34. The van der Waals surface area contributed by atoms with Crippen molar-refractivity contribution in [2.24, 2.45) is 5.14 Å². The van der Waals surface area contributed by atoms with Gasteiger partial charge in [0, 0.05) is 11.1 Å². The molecule has 2 aromatic carbocycles. The minimum Gasteiger partial charge on any atom is -0.277 e. The summed E-state index contributed by atoms with van der Waals surface area (Å²) >= 11 is 6.33. The Morgan fingerprint density at radius 2 is 1.81 bits per heavy atom. The van der Waals surface area contributed by atoms with Crippen LogP contribution >= 0.6 is 11.6 Å². The summed E-state index contributed by atoms with van der Waals surface area (Å²) in [7, 11) is -3.83. The number of nitrogens with two attached hydrogens (primary N) is 1. The zero-order chi connectivity index (χ0) is 19.1. The topological polar surface area (TPSA) is 88.8 Å². The Labute approximate surface area is 151 Å². The number of aromatic amines is 1. The van der Waals surface area contributed by atoms with Gasteiger partial charge in [-0.1, -0.05) is 35.9 Å². The van der Waals surface area contributed by atoms with Crippen molar-refractivity contribution in [2.75, 3.05) is 0 Å². The van der Waals surface area contributed by atoms with E-state index < -0.39 is 21.9 Å². The molecule has 1 radical (unpaired) electrons. The van der Waals surface area contributed by atoms with Crippen LogP contribution in [-0.2, 0) is 16.2 Å². The molecule has 0 spiro atoms. The highest BCUT2D eigenvalue weighted by molar-refractivity contribution is 7.89. The summed E-state index contributed by atoms with van der Waals surface area (Å²) in [5, 5.41) is 10.7. The molecule has 0 fully saturated rings. The normalized spacial score (nSPS) is 12.3. The minimum atomic E-state index is -4.58. The zero-order valence-electron chi connectivity index (χ0n) is 12.8. The molecule has 26 heavy (non-hydrogen) atoms. The van der Waals surface area contributed by atoms with E-state index in [2.05, 4.69) is 16.3 Å². The van der Waals surface area contributed by atoms with Crippen LogP contribution < -0.4 is 5.14 Å². The van der Waals surface area contributed by atoms with E-state index in [0.29, 0.717) is 11.1 Å². The second-order valence-corrected chi connectivity index (χ2v) is 7.25. The van der Waals surface area contributed by atoms with E-state index in [4.69, 9.17) is 16.7 Å². The van der Waals surface area contributed by atoms with Gasteiger partial charge in [-0.05, 0) is 29.8 Å². The summed E-state index contributed by atoms with van der Waals surface area (Å²) in [5.41, 5.74) is 0.255. The Kier molecular flexibility index (Phi) is 4.55. The molecule has 0 aliphatic heterocycles. The Morgan fingerprint density at radius 1 is 1.15 bits per heavy atom. The van der Waals surface area contributed by atoms with Crippen LogP contribution in [0.2, 0.25) is 5.02 Å². The number of sulfonamides is 1. The number of alkyl halides is 3. The molecule has 3 N–H and O–H groups in total. The molecule has 0 aliphatic carbocycles. The third kappa shape index (κ3) is 3.59. The maximum absolute atomic E-state index is 12.7. The van der Waals surface area contributed by atoms with Crippen LogP contribution in [0.4, 0.5) is 13.2 Å². The number of halogens is 4. The first-order chi connectivity index (χ1) is 12.1. The summed E-state index contributed by atoms with van der Waals surface area (Å²) in [6.45, 7) is 0. The van der Waals surface area contributed by atoms with Gasteiger partial charge < -0.3 is 0 Å². The number of H-pyrrole nitrogens is 1. The van der Waals surface area contributed by atoms with Crippen molar-refractivity contribution in [1.29, 1.82) is 0 Å². The molecular weight excluding hydrogens is 391 g/mol. The molecule has 3 aromatic rings. The van der Waals surface area contributed by atoms with Gasteiger partial charge in [-0.2, -0.15) is 18.3 Å². The predicted molar refractivity (Wildman–Crippen MR) is 89.7 cm³/mol. The summed E-state index contributed by atoms with van der Waals surface area (Å²) in [5.74, 6) is 0. The van der Waals surface area contributed by atoms with Crippen LogP contribution in [-0.4, -0.2) is 18.6 Å². The first-order valence-corrected chi connectivity index (χ1v) is 8.96. The van der Waals surface area contributed by atoms with Crippen molar-refractivity contribution in [2.45, 2.75) is 11.1 Å². The number of nitrogens with one attached hydrogen (secondary N) is 1. The van der Waals surface area contributed by atoms with Crippen molar-refractivity contribution >= 4 is 21.6 Å². The number of hydrogen-bond acceptors (Lipinski definition) is 3. The maximum atomic E-state index is 12.7. The fourth-order valence-corrected chi connectivity index (χ4v) is 3.16. The smallest absolute Gasteiger partial charge is 0.277 e. The minimum absolute atomic E-state index is 0.0605.